The van der Waals surface area contributed by atoms with Crippen LogP contribution in [0.4, 0.5) is 5.69 Å². The van der Waals surface area contributed by atoms with E-state index in [0.29, 0.717) is 28.8 Å². The van der Waals surface area contributed by atoms with Gasteiger partial charge in [0.15, 0.2) is 0 Å². The zero-order valence-corrected chi connectivity index (χ0v) is 14.6. The summed E-state index contributed by atoms with van der Waals surface area (Å²) in [6, 6.07) is 8.51. The van der Waals surface area contributed by atoms with E-state index in [9.17, 15) is 9.59 Å². The summed E-state index contributed by atoms with van der Waals surface area (Å²) in [6.45, 7) is 2.20. The molecule has 24 heavy (non-hydrogen) atoms. The molecule has 0 radical (unpaired) electrons. The molecule has 0 atom stereocenters. The van der Waals surface area contributed by atoms with E-state index in [-0.39, 0.29) is 18.2 Å². The van der Waals surface area contributed by atoms with Gasteiger partial charge >= 0.3 is 0 Å². The molecule has 0 spiro atoms. The topological polar surface area (TPSA) is 62.3 Å². The number of nitrogens with one attached hydrogen (secondary N) is 1. The Balaban J connectivity index is 1.91. The first-order valence-corrected chi connectivity index (χ1v) is 8.10. The molecule has 0 aliphatic heterocycles. The van der Waals surface area contributed by atoms with Crippen molar-refractivity contribution in [1.82, 2.24) is 9.88 Å². The lowest BCUT2D eigenvalue weighted by atomic mass is 10.2. The van der Waals surface area contributed by atoms with Gasteiger partial charge in [0.2, 0.25) is 11.8 Å². The Kier molecular flexibility index (Phi) is 6.58. The largest absolute Gasteiger partial charge is 0.338 e. The van der Waals surface area contributed by atoms with E-state index in [4.69, 9.17) is 23.2 Å². The van der Waals surface area contributed by atoms with Crippen molar-refractivity contribution in [3.8, 4) is 0 Å². The van der Waals surface area contributed by atoms with E-state index >= 15 is 0 Å². The molecule has 1 N–H and O–H groups in total. The lowest BCUT2D eigenvalue weighted by Gasteiger charge is -2.20. The van der Waals surface area contributed by atoms with Gasteiger partial charge in [0.05, 0.1) is 0 Å². The maximum absolute atomic E-state index is 12.1. The third-order valence-corrected chi connectivity index (χ3v) is 3.73. The normalized spacial score (nSPS) is 10.3. The summed E-state index contributed by atoms with van der Waals surface area (Å²) in [5.74, 6) is -0.316. The number of aromatic nitrogens is 1. The summed E-state index contributed by atoms with van der Waals surface area (Å²) < 4.78 is 0. The fourth-order valence-corrected chi connectivity index (χ4v) is 2.67. The molecule has 0 fully saturated rings. The first kappa shape index (κ1) is 18.2. The molecular weight excluding hydrogens is 349 g/mol. The highest BCUT2D eigenvalue weighted by Crippen LogP contribution is 2.22. The van der Waals surface area contributed by atoms with E-state index in [2.05, 4.69) is 10.3 Å². The second-order valence-electron chi connectivity index (χ2n) is 5.26. The van der Waals surface area contributed by atoms with E-state index < -0.39 is 0 Å². The molecule has 2 rings (SSSR count). The third kappa shape index (κ3) is 5.83. The number of halogens is 2. The number of rotatable bonds is 6. The predicted molar refractivity (Wildman–Crippen MR) is 95.0 cm³/mol. The van der Waals surface area contributed by atoms with Gasteiger partial charge in [0.25, 0.3) is 0 Å². The van der Waals surface area contributed by atoms with Crippen LogP contribution in [-0.2, 0) is 16.1 Å². The minimum absolute atomic E-state index is 0.0996. The second kappa shape index (κ2) is 8.66. The highest BCUT2D eigenvalue weighted by molar-refractivity contribution is 6.35. The van der Waals surface area contributed by atoms with Crippen LogP contribution in [0.25, 0.3) is 0 Å². The van der Waals surface area contributed by atoms with Crippen molar-refractivity contribution in [2.45, 2.75) is 19.9 Å². The summed E-state index contributed by atoms with van der Waals surface area (Å²) in [4.78, 5) is 29.4. The zero-order chi connectivity index (χ0) is 17.5. The van der Waals surface area contributed by atoms with E-state index in [1.165, 1.54) is 6.92 Å². The van der Waals surface area contributed by atoms with Crippen molar-refractivity contribution in [2.75, 3.05) is 11.9 Å². The second-order valence-corrected chi connectivity index (χ2v) is 6.13. The Bertz CT molecular complexity index is 703. The molecule has 7 heteroatoms. The monoisotopic (exact) mass is 365 g/mol. The Morgan fingerprint density at radius 1 is 1.21 bits per heavy atom. The highest BCUT2D eigenvalue weighted by Gasteiger charge is 2.12. The fourth-order valence-electron chi connectivity index (χ4n) is 2.15. The lowest BCUT2D eigenvalue weighted by molar-refractivity contribution is -0.129. The van der Waals surface area contributed by atoms with Crippen molar-refractivity contribution < 1.29 is 9.59 Å². The molecule has 0 saturated heterocycles. The summed E-state index contributed by atoms with van der Waals surface area (Å²) in [5.41, 5.74) is 1.44. The van der Waals surface area contributed by atoms with Crippen LogP contribution < -0.4 is 5.32 Å². The molecule has 1 aromatic heterocycles. The Morgan fingerprint density at radius 2 is 1.92 bits per heavy atom. The van der Waals surface area contributed by atoms with Crippen LogP contribution in [0, 0.1) is 0 Å². The molecule has 0 aliphatic rings. The summed E-state index contributed by atoms with van der Waals surface area (Å²) in [6.07, 6.45) is 3.54. The number of nitrogens with zero attached hydrogens (tertiary/aromatic N) is 2. The Hall–Kier alpha value is -2.11. The summed E-state index contributed by atoms with van der Waals surface area (Å²) in [7, 11) is 0. The number of pyridine rings is 1. The van der Waals surface area contributed by atoms with Crippen molar-refractivity contribution in [3.05, 3.63) is 58.3 Å². The standard InChI is InChI=1S/C17H17Cl2N3O2/c1-12(23)22(11-13-3-2-5-20-10-13)6-4-17(24)21-16-8-14(18)7-15(19)9-16/h2-3,5,7-10H,4,6,11H2,1H3,(H,21,24). The van der Waals surface area contributed by atoms with Crippen LogP contribution in [0.15, 0.2) is 42.7 Å². The number of hydrogen-bond acceptors (Lipinski definition) is 3. The van der Waals surface area contributed by atoms with Crippen molar-refractivity contribution in [3.63, 3.8) is 0 Å². The van der Waals surface area contributed by atoms with Gasteiger partial charge in [0, 0.05) is 54.6 Å². The molecule has 1 aromatic carbocycles. The van der Waals surface area contributed by atoms with Gasteiger partial charge in [-0.05, 0) is 29.8 Å². The van der Waals surface area contributed by atoms with Gasteiger partial charge < -0.3 is 10.2 Å². The molecule has 0 bridgehead atoms. The summed E-state index contributed by atoms with van der Waals surface area (Å²) >= 11 is 11.8. The molecule has 0 saturated carbocycles. The number of carbonyl (C=O) groups is 2. The number of benzene rings is 1. The summed E-state index contributed by atoms with van der Waals surface area (Å²) in [5, 5.41) is 3.61. The highest BCUT2D eigenvalue weighted by atomic mass is 35.5. The van der Waals surface area contributed by atoms with Gasteiger partial charge in [-0.25, -0.2) is 0 Å². The fraction of sp³-hybridized carbons (Fsp3) is 0.235. The molecule has 1 heterocycles. The first-order chi connectivity index (χ1) is 11.4. The number of hydrogen-bond donors (Lipinski definition) is 1. The smallest absolute Gasteiger partial charge is 0.226 e. The average Bonchev–Trinajstić information content (AvgIpc) is 2.51. The predicted octanol–water partition coefficient (Wildman–Crippen LogP) is 3.77. The minimum Gasteiger partial charge on any atom is -0.338 e. The number of amides is 2. The number of carbonyl (C=O) groups excluding carboxylic acids is 2. The molecule has 0 unspecified atom stereocenters. The quantitative estimate of drug-likeness (QED) is 0.847. The van der Waals surface area contributed by atoms with Gasteiger partial charge in [0.1, 0.15) is 0 Å². The molecular formula is C17H17Cl2N3O2. The van der Waals surface area contributed by atoms with E-state index in [1.807, 2.05) is 12.1 Å². The van der Waals surface area contributed by atoms with Crippen LogP contribution in [0.2, 0.25) is 10.0 Å². The maximum Gasteiger partial charge on any atom is 0.226 e. The van der Waals surface area contributed by atoms with E-state index in [1.54, 1.807) is 35.5 Å². The SMILES string of the molecule is CC(=O)N(CCC(=O)Nc1cc(Cl)cc(Cl)c1)Cc1cccnc1. The maximum atomic E-state index is 12.1. The van der Waals surface area contributed by atoms with Crippen LogP contribution in [0.5, 0.6) is 0 Å². The van der Waals surface area contributed by atoms with Crippen LogP contribution in [0.1, 0.15) is 18.9 Å². The molecule has 5 nitrogen and oxygen atoms in total. The molecule has 2 aromatic rings. The molecule has 2 amide bonds. The average molecular weight is 366 g/mol. The van der Waals surface area contributed by atoms with Crippen LogP contribution >= 0.6 is 23.2 Å². The van der Waals surface area contributed by atoms with E-state index in [0.717, 1.165) is 5.56 Å². The lowest BCUT2D eigenvalue weighted by Crippen LogP contribution is -2.31. The number of anilines is 1. The zero-order valence-electron chi connectivity index (χ0n) is 13.1. The Morgan fingerprint density at radius 3 is 2.50 bits per heavy atom. The van der Waals surface area contributed by atoms with Gasteiger partial charge in [-0.2, -0.15) is 0 Å². The van der Waals surface area contributed by atoms with Crippen molar-refractivity contribution in [1.29, 1.82) is 0 Å². The third-order valence-electron chi connectivity index (χ3n) is 3.30. The minimum atomic E-state index is -0.217. The molecule has 0 aliphatic carbocycles. The first-order valence-electron chi connectivity index (χ1n) is 7.34. The van der Waals surface area contributed by atoms with Crippen molar-refractivity contribution in [2.24, 2.45) is 0 Å². The van der Waals surface area contributed by atoms with Gasteiger partial charge in [-0.15, -0.1) is 0 Å². The van der Waals surface area contributed by atoms with Gasteiger partial charge in [-0.1, -0.05) is 29.3 Å². The van der Waals surface area contributed by atoms with Crippen molar-refractivity contribution >= 4 is 40.7 Å². The van der Waals surface area contributed by atoms with Crippen LogP contribution in [0.3, 0.4) is 0 Å². The van der Waals surface area contributed by atoms with Crippen LogP contribution in [-0.4, -0.2) is 28.2 Å². The Labute approximate surface area is 150 Å². The molecule has 126 valence electrons. The van der Waals surface area contributed by atoms with Gasteiger partial charge in [-0.3, -0.25) is 14.6 Å².